The topological polar surface area (TPSA) is 74.4 Å². The van der Waals surface area contributed by atoms with Gasteiger partial charge in [0, 0.05) is 12.6 Å². The van der Waals surface area contributed by atoms with Gasteiger partial charge in [-0.3, -0.25) is 10.1 Å². The van der Waals surface area contributed by atoms with Gasteiger partial charge in [-0.1, -0.05) is 6.92 Å². The lowest BCUT2D eigenvalue weighted by Crippen LogP contribution is -2.15. The van der Waals surface area contributed by atoms with Crippen LogP contribution in [0.5, 0.6) is 0 Å². The maximum atomic E-state index is 11.7. The molecule has 0 fully saturated rings. The number of nitrogens with zero attached hydrogens (tertiary/aromatic N) is 2. The molecule has 0 bridgehead atoms. The third kappa shape index (κ3) is 3.30. The standard InChI is InChI=1S/C11H16N2O4/c1-4-5-12-7-9(13(15)16)6-10(12)11(14)17-8(2)3/h6-8H,4-5H2,1-3H3. The van der Waals surface area contributed by atoms with Crippen LogP contribution < -0.4 is 0 Å². The first-order valence-corrected chi connectivity index (χ1v) is 5.51. The van der Waals surface area contributed by atoms with Crippen LogP contribution in [-0.2, 0) is 11.3 Å². The molecule has 6 nitrogen and oxygen atoms in total. The SMILES string of the molecule is CCCn1cc([N+](=O)[O-])cc1C(=O)OC(C)C. The fourth-order valence-electron chi connectivity index (χ4n) is 1.47. The Morgan fingerprint density at radius 2 is 2.24 bits per heavy atom. The molecule has 1 aromatic heterocycles. The van der Waals surface area contributed by atoms with E-state index in [1.54, 1.807) is 18.4 Å². The van der Waals surface area contributed by atoms with Gasteiger partial charge in [-0.15, -0.1) is 0 Å². The lowest BCUT2D eigenvalue weighted by Gasteiger charge is -2.09. The first kappa shape index (κ1) is 13.2. The summed E-state index contributed by atoms with van der Waals surface area (Å²) in [5.41, 5.74) is 0.140. The van der Waals surface area contributed by atoms with Gasteiger partial charge in [-0.25, -0.2) is 4.79 Å². The average Bonchev–Trinajstić information content (AvgIpc) is 2.61. The van der Waals surface area contributed by atoms with E-state index in [1.165, 1.54) is 12.3 Å². The summed E-state index contributed by atoms with van der Waals surface area (Å²) in [5, 5.41) is 10.7. The number of aromatic nitrogens is 1. The van der Waals surface area contributed by atoms with E-state index in [9.17, 15) is 14.9 Å². The summed E-state index contributed by atoms with van der Waals surface area (Å²) in [4.78, 5) is 21.9. The monoisotopic (exact) mass is 240 g/mol. The fourth-order valence-corrected chi connectivity index (χ4v) is 1.47. The van der Waals surface area contributed by atoms with Crippen molar-refractivity contribution in [3.63, 3.8) is 0 Å². The zero-order valence-corrected chi connectivity index (χ0v) is 10.2. The first-order chi connectivity index (χ1) is 7.95. The van der Waals surface area contributed by atoms with Gasteiger partial charge in [0.15, 0.2) is 0 Å². The Morgan fingerprint density at radius 1 is 1.59 bits per heavy atom. The number of carbonyl (C=O) groups excluding carboxylic acids is 1. The normalized spacial score (nSPS) is 10.6. The van der Waals surface area contributed by atoms with Gasteiger partial charge in [0.25, 0.3) is 5.69 Å². The highest BCUT2D eigenvalue weighted by atomic mass is 16.6. The molecule has 94 valence electrons. The molecule has 0 aromatic carbocycles. The molecular formula is C11H16N2O4. The number of nitro groups is 1. The van der Waals surface area contributed by atoms with Crippen molar-refractivity contribution in [3.8, 4) is 0 Å². The Kier molecular flexibility index (Phi) is 4.25. The minimum atomic E-state index is -0.526. The summed E-state index contributed by atoms with van der Waals surface area (Å²) in [6.45, 7) is 5.96. The minimum Gasteiger partial charge on any atom is -0.458 e. The lowest BCUT2D eigenvalue weighted by atomic mass is 10.4. The van der Waals surface area contributed by atoms with Crippen molar-refractivity contribution in [2.75, 3.05) is 0 Å². The van der Waals surface area contributed by atoms with Crippen LogP contribution in [0.2, 0.25) is 0 Å². The van der Waals surface area contributed by atoms with E-state index in [1.807, 2.05) is 6.92 Å². The van der Waals surface area contributed by atoms with E-state index < -0.39 is 10.9 Å². The third-order valence-electron chi connectivity index (χ3n) is 2.11. The molecule has 0 unspecified atom stereocenters. The average molecular weight is 240 g/mol. The quantitative estimate of drug-likeness (QED) is 0.450. The van der Waals surface area contributed by atoms with E-state index in [0.717, 1.165) is 6.42 Å². The van der Waals surface area contributed by atoms with Gasteiger partial charge >= 0.3 is 5.97 Å². The maximum absolute atomic E-state index is 11.7. The van der Waals surface area contributed by atoms with E-state index in [2.05, 4.69) is 0 Å². The maximum Gasteiger partial charge on any atom is 0.355 e. The molecule has 0 aliphatic carbocycles. The molecule has 0 saturated heterocycles. The van der Waals surface area contributed by atoms with Gasteiger partial charge < -0.3 is 9.30 Å². The van der Waals surface area contributed by atoms with Crippen LogP contribution in [0, 0.1) is 10.1 Å². The second kappa shape index (κ2) is 5.47. The van der Waals surface area contributed by atoms with Crippen LogP contribution >= 0.6 is 0 Å². The second-order valence-electron chi connectivity index (χ2n) is 3.99. The summed E-state index contributed by atoms with van der Waals surface area (Å²) in [5.74, 6) is -0.526. The number of carbonyl (C=O) groups is 1. The van der Waals surface area contributed by atoms with Crippen molar-refractivity contribution in [1.29, 1.82) is 0 Å². The summed E-state index contributed by atoms with van der Waals surface area (Å²) in [6, 6.07) is 1.25. The molecule has 1 heterocycles. The number of hydrogen-bond donors (Lipinski definition) is 0. The molecule has 17 heavy (non-hydrogen) atoms. The number of aryl methyl sites for hydroxylation is 1. The molecule has 0 atom stereocenters. The second-order valence-corrected chi connectivity index (χ2v) is 3.99. The zero-order valence-electron chi connectivity index (χ0n) is 10.2. The van der Waals surface area contributed by atoms with E-state index in [4.69, 9.17) is 4.74 Å². The van der Waals surface area contributed by atoms with E-state index in [0.29, 0.717) is 6.54 Å². The number of rotatable bonds is 5. The number of esters is 1. The van der Waals surface area contributed by atoms with Gasteiger partial charge in [-0.2, -0.15) is 0 Å². The predicted molar refractivity (Wildman–Crippen MR) is 61.9 cm³/mol. The van der Waals surface area contributed by atoms with Crippen molar-refractivity contribution in [1.82, 2.24) is 4.57 Å². The van der Waals surface area contributed by atoms with Crippen LogP contribution in [0.3, 0.4) is 0 Å². The Hall–Kier alpha value is -1.85. The van der Waals surface area contributed by atoms with Crippen molar-refractivity contribution >= 4 is 11.7 Å². The van der Waals surface area contributed by atoms with Crippen LogP contribution in [0.25, 0.3) is 0 Å². The first-order valence-electron chi connectivity index (χ1n) is 5.51. The largest absolute Gasteiger partial charge is 0.458 e. The molecule has 0 amide bonds. The summed E-state index contributed by atoms with van der Waals surface area (Å²) in [7, 11) is 0. The fraction of sp³-hybridized carbons (Fsp3) is 0.545. The Balaban J connectivity index is 3.03. The summed E-state index contributed by atoms with van der Waals surface area (Å²) < 4.78 is 6.59. The van der Waals surface area contributed by atoms with Crippen molar-refractivity contribution in [2.24, 2.45) is 0 Å². The van der Waals surface area contributed by atoms with Gasteiger partial charge in [-0.05, 0) is 20.3 Å². The summed E-state index contributed by atoms with van der Waals surface area (Å²) >= 11 is 0. The minimum absolute atomic E-state index is 0.0887. The van der Waals surface area contributed by atoms with Gasteiger partial charge in [0.1, 0.15) is 5.69 Å². The predicted octanol–water partition coefficient (Wildman–Crippen LogP) is 2.37. The molecule has 1 rings (SSSR count). The molecule has 0 aliphatic heterocycles. The highest BCUT2D eigenvalue weighted by Gasteiger charge is 2.20. The van der Waals surface area contributed by atoms with Gasteiger partial charge in [0.2, 0.25) is 0 Å². The van der Waals surface area contributed by atoms with Crippen LogP contribution in [0.1, 0.15) is 37.7 Å². The number of ether oxygens (including phenoxy) is 1. The van der Waals surface area contributed by atoms with Crippen molar-refractivity contribution in [3.05, 3.63) is 28.1 Å². The number of hydrogen-bond acceptors (Lipinski definition) is 4. The molecule has 0 spiro atoms. The molecule has 0 aliphatic rings. The molecular weight excluding hydrogens is 224 g/mol. The van der Waals surface area contributed by atoms with E-state index in [-0.39, 0.29) is 17.5 Å². The van der Waals surface area contributed by atoms with Crippen LogP contribution in [-0.4, -0.2) is 21.6 Å². The summed E-state index contributed by atoms with van der Waals surface area (Å²) in [6.07, 6.45) is 1.90. The smallest absolute Gasteiger partial charge is 0.355 e. The van der Waals surface area contributed by atoms with E-state index >= 15 is 0 Å². The molecule has 0 N–H and O–H groups in total. The van der Waals surface area contributed by atoms with Crippen molar-refractivity contribution in [2.45, 2.75) is 39.8 Å². The molecule has 0 radical (unpaired) electrons. The molecule has 0 saturated carbocycles. The zero-order chi connectivity index (χ0) is 13.0. The van der Waals surface area contributed by atoms with Crippen LogP contribution in [0.4, 0.5) is 5.69 Å². The Morgan fingerprint density at radius 3 is 2.71 bits per heavy atom. The van der Waals surface area contributed by atoms with Crippen LogP contribution in [0.15, 0.2) is 12.3 Å². The highest BCUT2D eigenvalue weighted by Crippen LogP contribution is 2.18. The Bertz CT molecular complexity index is 423. The molecule has 1 aromatic rings. The third-order valence-corrected chi connectivity index (χ3v) is 2.11. The lowest BCUT2D eigenvalue weighted by molar-refractivity contribution is -0.384. The highest BCUT2D eigenvalue weighted by molar-refractivity contribution is 5.88. The van der Waals surface area contributed by atoms with Crippen molar-refractivity contribution < 1.29 is 14.5 Å². The molecule has 6 heteroatoms. The Labute approximate surface area is 99.3 Å². The van der Waals surface area contributed by atoms with Gasteiger partial charge in [0.05, 0.1) is 17.2 Å².